The van der Waals surface area contributed by atoms with Crippen molar-refractivity contribution < 1.29 is 4.74 Å². The maximum atomic E-state index is 5.97. The number of ether oxygens (including phenoxy) is 1. The molecule has 0 aromatic heterocycles. The molecule has 1 rings (SSSR count). The van der Waals surface area contributed by atoms with E-state index in [0.717, 1.165) is 19.4 Å². The summed E-state index contributed by atoms with van der Waals surface area (Å²) in [6.07, 6.45) is 9.09. The molecule has 0 aliphatic carbocycles. The highest BCUT2D eigenvalue weighted by molar-refractivity contribution is 4.76. The van der Waals surface area contributed by atoms with Crippen LogP contribution in [0.1, 0.15) is 51.9 Å². The van der Waals surface area contributed by atoms with Crippen LogP contribution in [0.15, 0.2) is 0 Å². The Bertz CT molecular complexity index is 127. The van der Waals surface area contributed by atoms with Gasteiger partial charge in [-0.25, -0.2) is 0 Å². The summed E-state index contributed by atoms with van der Waals surface area (Å²) in [5.74, 6) is 0. The van der Waals surface area contributed by atoms with E-state index in [1.54, 1.807) is 0 Å². The summed E-state index contributed by atoms with van der Waals surface area (Å²) < 4.78 is 5.65. The second-order valence-corrected chi connectivity index (χ2v) is 4.06. The first kappa shape index (κ1) is 11.0. The van der Waals surface area contributed by atoms with E-state index in [0.29, 0.717) is 12.1 Å². The van der Waals surface area contributed by atoms with Gasteiger partial charge in [-0.3, -0.25) is 0 Å². The highest BCUT2D eigenvalue weighted by Gasteiger charge is 2.21. The first-order chi connectivity index (χ1) is 6.34. The smallest absolute Gasteiger partial charge is 0.0725 e. The summed E-state index contributed by atoms with van der Waals surface area (Å²) in [5, 5.41) is 0. The van der Waals surface area contributed by atoms with E-state index < -0.39 is 0 Å². The molecule has 0 saturated carbocycles. The van der Waals surface area contributed by atoms with Crippen molar-refractivity contribution in [3.05, 3.63) is 0 Å². The van der Waals surface area contributed by atoms with Gasteiger partial charge in [0, 0.05) is 12.6 Å². The SMILES string of the molecule is CCCCCCC1OCCCC1N. The van der Waals surface area contributed by atoms with Crippen LogP contribution in [0.25, 0.3) is 0 Å². The van der Waals surface area contributed by atoms with Crippen LogP contribution in [-0.2, 0) is 4.74 Å². The van der Waals surface area contributed by atoms with Gasteiger partial charge in [0.2, 0.25) is 0 Å². The number of rotatable bonds is 5. The standard InChI is InChI=1S/C11H23NO/c1-2-3-4-5-8-11-10(12)7-6-9-13-11/h10-11H,2-9,12H2,1H3. The van der Waals surface area contributed by atoms with Crippen molar-refractivity contribution in [3.63, 3.8) is 0 Å². The summed E-state index contributed by atoms with van der Waals surface area (Å²) >= 11 is 0. The monoisotopic (exact) mass is 185 g/mol. The Labute approximate surface area is 81.8 Å². The molecule has 78 valence electrons. The van der Waals surface area contributed by atoms with Crippen LogP contribution in [0.3, 0.4) is 0 Å². The average Bonchev–Trinajstić information content (AvgIpc) is 2.15. The van der Waals surface area contributed by atoms with Crippen molar-refractivity contribution in [2.45, 2.75) is 64.0 Å². The molecular weight excluding hydrogens is 162 g/mol. The summed E-state index contributed by atoms with van der Waals surface area (Å²) in [6.45, 7) is 3.16. The highest BCUT2D eigenvalue weighted by atomic mass is 16.5. The minimum atomic E-state index is 0.301. The van der Waals surface area contributed by atoms with Crippen LogP contribution in [0.5, 0.6) is 0 Å². The summed E-state index contributed by atoms with van der Waals surface area (Å²) in [5.41, 5.74) is 5.97. The van der Waals surface area contributed by atoms with Crippen LogP contribution in [0.4, 0.5) is 0 Å². The molecular formula is C11H23NO. The molecule has 1 fully saturated rings. The molecule has 2 atom stereocenters. The van der Waals surface area contributed by atoms with Crippen molar-refractivity contribution in [1.82, 2.24) is 0 Å². The second kappa shape index (κ2) is 6.39. The van der Waals surface area contributed by atoms with Crippen molar-refractivity contribution >= 4 is 0 Å². The maximum absolute atomic E-state index is 5.97. The Hall–Kier alpha value is -0.0800. The topological polar surface area (TPSA) is 35.2 Å². The van der Waals surface area contributed by atoms with Gasteiger partial charge in [-0.2, -0.15) is 0 Å². The Morgan fingerprint density at radius 3 is 2.85 bits per heavy atom. The minimum absolute atomic E-state index is 0.301. The summed E-state index contributed by atoms with van der Waals surface area (Å²) in [4.78, 5) is 0. The number of nitrogens with two attached hydrogens (primary N) is 1. The summed E-state index contributed by atoms with van der Waals surface area (Å²) in [7, 11) is 0. The third-order valence-corrected chi connectivity index (χ3v) is 2.83. The molecule has 1 heterocycles. The molecule has 0 spiro atoms. The average molecular weight is 185 g/mol. The van der Waals surface area contributed by atoms with Gasteiger partial charge in [-0.15, -0.1) is 0 Å². The lowest BCUT2D eigenvalue weighted by Crippen LogP contribution is -2.40. The molecule has 2 N–H and O–H groups in total. The van der Waals surface area contributed by atoms with E-state index in [-0.39, 0.29) is 0 Å². The maximum Gasteiger partial charge on any atom is 0.0725 e. The Kier molecular flexibility index (Phi) is 5.40. The van der Waals surface area contributed by atoms with Crippen LogP contribution in [-0.4, -0.2) is 18.8 Å². The molecule has 2 unspecified atom stereocenters. The van der Waals surface area contributed by atoms with Gasteiger partial charge in [0.15, 0.2) is 0 Å². The lowest BCUT2D eigenvalue weighted by molar-refractivity contribution is -0.00445. The molecule has 0 amide bonds. The molecule has 1 saturated heterocycles. The van der Waals surface area contributed by atoms with Crippen LogP contribution in [0, 0.1) is 0 Å². The fraction of sp³-hybridized carbons (Fsp3) is 1.00. The van der Waals surface area contributed by atoms with Gasteiger partial charge < -0.3 is 10.5 Å². The van der Waals surface area contributed by atoms with Crippen molar-refractivity contribution in [2.75, 3.05) is 6.61 Å². The van der Waals surface area contributed by atoms with E-state index in [2.05, 4.69) is 6.92 Å². The number of unbranched alkanes of at least 4 members (excludes halogenated alkanes) is 3. The van der Waals surface area contributed by atoms with Gasteiger partial charge in [0.25, 0.3) is 0 Å². The van der Waals surface area contributed by atoms with Crippen molar-refractivity contribution in [2.24, 2.45) is 5.73 Å². The van der Waals surface area contributed by atoms with E-state index in [9.17, 15) is 0 Å². The van der Waals surface area contributed by atoms with E-state index in [1.165, 1.54) is 32.1 Å². The highest BCUT2D eigenvalue weighted by Crippen LogP contribution is 2.17. The third kappa shape index (κ3) is 4.10. The summed E-state index contributed by atoms with van der Waals surface area (Å²) in [6, 6.07) is 0.301. The minimum Gasteiger partial charge on any atom is -0.377 e. The number of hydrogen-bond acceptors (Lipinski definition) is 2. The first-order valence-corrected chi connectivity index (χ1v) is 5.71. The van der Waals surface area contributed by atoms with Crippen LogP contribution < -0.4 is 5.73 Å². The predicted octanol–water partition coefficient (Wildman–Crippen LogP) is 2.46. The fourth-order valence-corrected chi connectivity index (χ4v) is 1.93. The normalized spacial score (nSPS) is 29.1. The zero-order chi connectivity index (χ0) is 9.52. The molecule has 13 heavy (non-hydrogen) atoms. The Balaban J connectivity index is 2.05. The fourth-order valence-electron chi connectivity index (χ4n) is 1.93. The number of hydrogen-bond donors (Lipinski definition) is 1. The molecule has 1 aliphatic rings. The molecule has 2 nitrogen and oxygen atoms in total. The van der Waals surface area contributed by atoms with Gasteiger partial charge >= 0.3 is 0 Å². The van der Waals surface area contributed by atoms with Crippen molar-refractivity contribution in [1.29, 1.82) is 0 Å². The lowest BCUT2D eigenvalue weighted by atomic mass is 9.98. The zero-order valence-corrected chi connectivity index (χ0v) is 8.80. The predicted molar refractivity (Wildman–Crippen MR) is 55.7 cm³/mol. The first-order valence-electron chi connectivity index (χ1n) is 5.71. The Morgan fingerprint density at radius 2 is 2.15 bits per heavy atom. The van der Waals surface area contributed by atoms with Gasteiger partial charge in [-0.1, -0.05) is 32.6 Å². The largest absolute Gasteiger partial charge is 0.377 e. The molecule has 0 aromatic rings. The van der Waals surface area contributed by atoms with E-state index in [1.807, 2.05) is 0 Å². The zero-order valence-electron chi connectivity index (χ0n) is 8.80. The van der Waals surface area contributed by atoms with Crippen LogP contribution in [0.2, 0.25) is 0 Å². The quantitative estimate of drug-likeness (QED) is 0.668. The molecule has 0 aromatic carbocycles. The van der Waals surface area contributed by atoms with Gasteiger partial charge in [-0.05, 0) is 19.3 Å². The van der Waals surface area contributed by atoms with Crippen LogP contribution >= 0.6 is 0 Å². The van der Waals surface area contributed by atoms with E-state index >= 15 is 0 Å². The Morgan fingerprint density at radius 1 is 1.31 bits per heavy atom. The third-order valence-electron chi connectivity index (χ3n) is 2.83. The molecule has 1 aliphatic heterocycles. The molecule has 0 radical (unpaired) electrons. The van der Waals surface area contributed by atoms with Gasteiger partial charge in [0.1, 0.15) is 0 Å². The lowest BCUT2D eigenvalue weighted by Gasteiger charge is -2.28. The second-order valence-electron chi connectivity index (χ2n) is 4.06. The van der Waals surface area contributed by atoms with Gasteiger partial charge in [0.05, 0.1) is 6.10 Å². The van der Waals surface area contributed by atoms with E-state index in [4.69, 9.17) is 10.5 Å². The molecule has 0 bridgehead atoms. The molecule has 2 heteroatoms. The van der Waals surface area contributed by atoms with Crippen molar-refractivity contribution in [3.8, 4) is 0 Å².